The number of rotatable bonds is 5. The summed E-state index contributed by atoms with van der Waals surface area (Å²) in [7, 11) is 3.51. The average molecular weight is 346 g/mol. The fourth-order valence-electron chi connectivity index (χ4n) is 3.80. The smallest absolute Gasteiger partial charge is 0.320 e. The molecular weight excluding hydrogens is 320 g/mol. The van der Waals surface area contributed by atoms with Crippen molar-refractivity contribution >= 4 is 11.9 Å². The van der Waals surface area contributed by atoms with Gasteiger partial charge in [0.25, 0.3) is 0 Å². The first-order valence-corrected chi connectivity index (χ1v) is 8.88. The molecule has 0 aliphatic carbocycles. The molecule has 1 aromatic rings. The lowest BCUT2D eigenvalue weighted by molar-refractivity contribution is -0.148. The normalized spacial score (nSPS) is 23.0. The van der Waals surface area contributed by atoms with Crippen molar-refractivity contribution in [2.45, 2.75) is 31.7 Å². The van der Waals surface area contributed by atoms with E-state index in [0.717, 1.165) is 25.2 Å². The fourth-order valence-corrected chi connectivity index (χ4v) is 3.80. The van der Waals surface area contributed by atoms with E-state index in [-0.39, 0.29) is 11.8 Å². The molecule has 1 amide bonds. The lowest BCUT2D eigenvalue weighted by Crippen LogP contribution is -2.51. The van der Waals surface area contributed by atoms with E-state index >= 15 is 0 Å². The Labute approximate surface area is 148 Å². The van der Waals surface area contributed by atoms with Crippen LogP contribution in [-0.2, 0) is 22.4 Å². The van der Waals surface area contributed by atoms with Crippen molar-refractivity contribution in [3.05, 3.63) is 29.3 Å². The number of piperidine rings is 1. The van der Waals surface area contributed by atoms with Gasteiger partial charge in [0.1, 0.15) is 11.8 Å². The van der Waals surface area contributed by atoms with Gasteiger partial charge in [-0.05, 0) is 36.5 Å². The SMILES string of the molecule is CN(C)C(=O)C1CCC(C(=O)O)N(CCc2ccc3c(c2)CCO3)C1. The molecule has 2 unspecified atom stereocenters. The number of nitrogens with zero attached hydrogens (tertiary/aromatic N) is 2. The second kappa shape index (κ2) is 7.44. The predicted molar refractivity (Wildman–Crippen MR) is 93.8 cm³/mol. The van der Waals surface area contributed by atoms with Crippen molar-refractivity contribution in [1.29, 1.82) is 0 Å². The number of fused-ring (bicyclic) bond motifs is 1. The molecule has 3 rings (SSSR count). The minimum atomic E-state index is -0.793. The van der Waals surface area contributed by atoms with E-state index in [0.29, 0.717) is 25.9 Å². The van der Waals surface area contributed by atoms with Gasteiger partial charge in [0.15, 0.2) is 0 Å². The molecule has 6 heteroatoms. The van der Waals surface area contributed by atoms with E-state index < -0.39 is 12.0 Å². The summed E-state index contributed by atoms with van der Waals surface area (Å²) < 4.78 is 5.53. The van der Waals surface area contributed by atoms with Crippen LogP contribution in [0.5, 0.6) is 5.75 Å². The lowest BCUT2D eigenvalue weighted by atomic mass is 9.91. The molecule has 0 spiro atoms. The minimum absolute atomic E-state index is 0.0866. The van der Waals surface area contributed by atoms with Gasteiger partial charge in [-0.3, -0.25) is 14.5 Å². The molecule has 1 aromatic carbocycles. The highest BCUT2D eigenvalue weighted by atomic mass is 16.5. The molecule has 1 N–H and O–H groups in total. The van der Waals surface area contributed by atoms with Crippen LogP contribution in [0.3, 0.4) is 0 Å². The zero-order chi connectivity index (χ0) is 18.0. The molecule has 2 aliphatic heterocycles. The third-order valence-corrected chi connectivity index (χ3v) is 5.20. The topological polar surface area (TPSA) is 70.1 Å². The Kier molecular flexibility index (Phi) is 5.27. The Morgan fingerprint density at radius 3 is 2.84 bits per heavy atom. The number of amides is 1. The summed E-state index contributed by atoms with van der Waals surface area (Å²) in [6, 6.07) is 5.71. The predicted octanol–water partition coefficient (Wildman–Crippen LogP) is 1.42. The zero-order valence-corrected chi connectivity index (χ0v) is 14.9. The number of hydrogen-bond acceptors (Lipinski definition) is 4. The van der Waals surface area contributed by atoms with Crippen molar-refractivity contribution in [2.75, 3.05) is 33.8 Å². The maximum absolute atomic E-state index is 12.3. The Morgan fingerprint density at radius 2 is 2.12 bits per heavy atom. The summed E-state index contributed by atoms with van der Waals surface area (Å²) in [5.74, 6) is 0.141. The van der Waals surface area contributed by atoms with Crippen LogP contribution in [-0.4, -0.2) is 66.6 Å². The highest BCUT2D eigenvalue weighted by Gasteiger charge is 2.36. The monoisotopic (exact) mass is 346 g/mol. The third-order valence-electron chi connectivity index (χ3n) is 5.20. The Hall–Kier alpha value is -2.08. The van der Waals surface area contributed by atoms with E-state index in [4.69, 9.17) is 4.74 Å². The summed E-state index contributed by atoms with van der Waals surface area (Å²) >= 11 is 0. The van der Waals surface area contributed by atoms with E-state index in [9.17, 15) is 14.7 Å². The van der Waals surface area contributed by atoms with Crippen molar-refractivity contribution < 1.29 is 19.4 Å². The summed E-state index contributed by atoms with van der Waals surface area (Å²) in [4.78, 5) is 27.4. The molecule has 2 atom stereocenters. The molecule has 2 heterocycles. The molecule has 0 aromatic heterocycles. The molecule has 2 aliphatic rings. The van der Waals surface area contributed by atoms with E-state index in [1.54, 1.807) is 19.0 Å². The van der Waals surface area contributed by atoms with Gasteiger partial charge in [0.05, 0.1) is 12.5 Å². The Balaban J connectivity index is 1.66. The van der Waals surface area contributed by atoms with Crippen LogP contribution in [0.1, 0.15) is 24.0 Å². The molecule has 1 saturated heterocycles. The van der Waals surface area contributed by atoms with Gasteiger partial charge in [-0.1, -0.05) is 12.1 Å². The molecule has 136 valence electrons. The second-order valence-electron chi connectivity index (χ2n) is 7.15. The van der Waals surface area contributed by atoms with Crippen molar-refractivity contribution in [1.82, 2.24) is 9.80 Å². The van der Waals surface area contributed by atoms with Crippen LogP contribution in [0.15, 0.2) is 18.2 Å². The standard InChI is InChI=1S/C19H26N2O4/c1-20(2)18(22)15-4-5-16(19(23)24)21(12-15)9-7-13-3-6-17-14(11-13)8-10-25-17/h3,6,11,15-16H,4-5,7-10,12H2,1-2H3,(H,23,24). The van der Waals surface area contributed by atoms with Crippen LogP contribution in [0, 0.1) is 5.92 Å². The van der Waals surface area contributed by atoms with Crippen LogP contribution < -0.4 is 4.74 Å². The van der Waals surface area contributed by atoms with Gasteiger partial charge in [-0.25, -0.2) is 0 Å². The highest BCUT2D eigenvalue weighted by Crippen LogP contribution is 2.27. The van der Waals surface area contributed by atoms with Crippen LogP contribution in [0.2, 0.25) is 0 Å². The van der Waals surface area contributed by atoms with Gasteiger partial charge in [-0.2, -0.15) is 0 Å². The number of carbonyl (C=O) groups excluding carboxylic acids is 1. The molecule has 6 nitrogen and oxygen atoms in total. The number of ether oxygens (including phenoxy) is 1. The molecule has 0 saturated carbocycles. The maximum Gasteiger partial charge on any atom is 0.320 e. The highest BCUT2D eigenvalue weighted by molar-refractivity contribution is 5.79. The van der Waals surface area contributed by atoms with E-state index in [1.807, 2.05) is 17.0 Å². The number of carbonyl (C=O) groups is 2. The van der Waals surface area contributed by atoms with Gasteiger partial charge < -0.3 is 14.7 Å². The molecular formula is C19H26N2O4. The number of aliphatic carboxylic acids is 1. The number of carboxylic acids is 1. The van der Waals surface area contributed by atoms with Gasteiger partial charge in [0, 0.05) is 33.6 Å². The number of hydrogen-bond donors (Lipinski definition) is 1. The van der Waals surface area contributed by atoms with Crippen LogP contribution in [0.4, 0.5) is 0 Å². The molecule has 25 heavy (non-hydrogen) atoms. The molecule has 0 bridgehead atoms. The largest absolute Gasteiger partial charge is 0.493 e. The summed E-state index contributed by atoms with van der Waals surface area (Å²) in [5, 5.41) is 9.51. The number of likely N-dealkylation sites (tertiary alicyclic amines) is 1. The number of carboxylic acid groups (broad SMARTS) is 1. The van der Waals surface area contributed by atoms with E-state index in [2.05, 4.69) is 6.07 Å². The van der Waals surface area contributed by atoms with Gasteiger partial charge >= 0.3 is 5.97 Å². The first-order chi connectivity index (χ1) is 12.0. The fraction of sp³-hybridized carbons (Fsp3) is 0.579. The minimum Gasteiger partial charge on any atom is -0.493 e. The first kappa shape index (κ1) is 17.7. The molecule has 1 fully saturated rings. The Morgan fingerprint density at radius 1 is 1.32 bits per heavy atom. The lowest BCUT2D eigenvalue weighted by Gasteiger charge is -2.37. The first-order valence-electron chi connectivity index (χ1n) is 8.88. The second-order valence-corrected chi connectivity index (χ2v) is 7.15. The summed E-state index contributed by atoms with van der Waals surface area (Å²) in [6.07, 6.45) is 2.88. The van der Waals surface area contributed by atoms with Crippen molar-refractivity contribution in [3.63, 3.8) is 0 Å². The summed E-state index contributed by atoms with van der Waals surface area (Å²) in [5.41, 5.74) is 2.42. The zero-order valence-electron chi connectivity index (χ0n) is 14.9. The average Bonchev–Trinajstić information content (AvgIpc) is 3.06. The van der Waals surface area contributed by atoms with Crippen molar-refractivity contribution in [3.8, 4) is 5.75 Å². The maximum atomic E-state index is 12.3. The quantitative estimate of drug-likeness (QED) is 0.873. The van der Waals surface area contributed by atoms with Crippen LogP contribution >= 0.6 is 0 Å². The Bertz CT molecular complexity index is 659. The summed E-state index contributed by atoms with van der Waals surface area (Å²) in [6.45, 7) is 1.90. The number of benzene rings is 1. The third kappa shape index (κ3) is 3.95. The van der Waals surface area contributed by atoms with E-state index in [1.165, 1.54) is 11.1 Å². The van der Waals surface area contributed by atoms with Gasteiger partial charge in [-0.15, -0.1) is 0 Å². The van der Waals surface area contributed by atoms with Gasteiger partial charge in [0.2, 0.25) is 5.91 Å². The molecule has 0 radical (unpaired) electrons. The van der Waals surface area contributed by atoms with Crippen molar-refractivity contribution in [2.24, 2.45) is 5.92 Å². The van der Waals surface area contributed by atoms with Crippen LogP contribution in [0.25, 0.3) is 0 Å².